The first-order chi connectivity index (χ1) is 9.17. The fourth-order valence-electron chi connectivity index (χ4n) is 2.40. The summed E-state index contributed by atoms with van der Waals surface area (Å²) in [5, 5.41) is 11.8. The third kappa shape index (κ3) is 5.03. The average molecular weight is 306 g/mol. The Morgan fingerprint density at radius 1 is 1.40 bits per heavy atom. The fraction of sp³-hybridized carbons (Fsp3) is 0.923. The van der Waals surface area contributed by atoms with Gasteiger partial charge in [-0.25, -0.2) is 8.42 Å². The Morgan fingerprint density at radius 2 is 2.05 bits per heavy atom. The van der Waals surface area contributed by atoms with E-state index in [2.05, 4.69) is 5.32 Å². The van der Waals surface area contributed by atoms with Crippen LogP contribution < -0.4 is 5.32 Å². The number of nitrogens with one attached hydrogen (secondary N) is 1. The highest BCUT2D eigenvalue weighted by atomic mass is 32.2. The number of piperidine rings is 1. The number of hydrogen-bond acceptors (Lipinski definition) is 4. The molecule has 0 bridgehead atoms. The van der Waals surface area contributed by atoms with Crippen LogP contribution in [0, 0.1) is 5.41 Å². The second-order valence-electron chi connectivity index (χ2n) is 6.24. The van der Waals surface area contributed by atoms with E-state index in [1.165, 1.54) is 4.31 Å². The van der Waals surface area contributed by atoms with Crippen molar-refractivity contribution < 1.29 is 18.3 Å². The third-order valence-electron chi connectivity index (χ3n) is 3.71. The summed E-state index contributed by atoms with van der Waals surface area (Å²) >= 11 is 0. The van der Waals surface area contributed by atoms with Gasteiger partial charge in [0.2, 0.25) is 15.9 Å². The van der Waals surface area contributed by atoms with Crippen molar-refractivity contribution in [3.05, 3.63) is 0 Å². The second kappa shape index (κ2) is 6.87. The summed E-state index contributed by atoms with van der Waals surface area (Å²) in [7, 11) is -3.35. The fourth-order valence-corrected chi connectivity index (χ4v) is 3.52. The zero-order valence-electron chi connectivity index (χ0n) is 12.6. The van der Waals surface area contributed by atoms with Crippen molar-refractivity contribution in [3.63, 3.8) is 0 Å². The van der Waals surface area contributed by atoms with Crippen LogP contribution in [0.25, 0.3) is 0 Å². The summed E-state index contributed by atoms with van der Waals surface area (Å²) in [5.41, 5.74) is -0.199. The van der Waals surface area contributed by atoms with Gasteiger partial charge in [0.15, 0.2) is 0 Å². The molecule has 0 aromatic heterocycles. The van der Waals surface area contributed by atoms with E-state index in [-0.39, 0.29) is 17.9 Å². The van der Waals surface area contributed by atoms with E-state index < -0.39 is 16.1 Å². The van der Waals surface area contributed by atoms with Crippen LogP contribution in [-0.4, -0.2) is 55.7 Å². The molecule has 0 radical (unpaired) electrons. The maximum atomic E-state index is 12.2. The molecule has 0 saturated carbocycles. The van der Waals surface area contributed by atoms with E-state index in [1.807, 2.05) is 13.8 Å². The van der Waals surface area contributed by atoms with Crippen molar-refractivity contribution >= 4 is 15.9 Å². The van der Waals surface area contributed by atoms with Crippen LogP contribution in [0.5, 0.6) is 0 Å². The Bertz CT molecular complexity index is 434. The number of amides is 1. The van der Waals surface area contributed by atoms with E-state index in [0.717, 1.165) is 19.1 Å². The van der Waals surface area contributed by atoms with E-state index in [0.29, 0.717) is 25.9 Å². The van der Waals surface area contributed by atoms with Gasteiger partial charge >= 0.3 is 0 Å². The van der Waals surface area contributed by atoms with Crippen molar-refractivity contribution in [2.75, 3.05) is 26.0 Å². The highest BCUT2D eigenvalue weighted by molar-refractivity contribution is 7.88. The Kier molecular flexibility index (Phi) is 5.97. The normalized spacial score (nSPS) is 21.7. The Hall–Kier alpha value is -0.660. The first-order valence-corrected chi connectivity index (χ1v) is 8.87. The second-order valence-corrected chi connectivity index (χ2v) is 8.18. The van der Waals surface area contributed by atoms with E-state index in [1.54, 1.807) is 0 Å². The maximum absolute atomic E-state index is 12.2. The lowest BCUT2D eigenvalue weighted by Crippen LogP contribution is -2.52. The van der Waals surface area contributed by atoms with Crippen LogP contribution in [0.1, 0.15) is 39.5 Å². The van der Waals surface area contributed by atoms with E-state index >= 15 is 0 Å². The molecule has 1 aliphatic rings. The Morgan fingerprint density at radius 3 is 2.60 bits per heavy atom. The topological polar surface area (TPSA) is 86.7 Å². The average Bonchev–Trinajstić information content (AvgIpc) is 2.35. The van der Waals surface area contributed by atoms with Gasteiger partial charge < -0.3 is 10.4 Å². The molecule has 7 heteroatoms. The largest absolute Gasteiger partial charge is 0.396 e. The van der Waals surface area contributed by atoms with Crippen LogP contribution in [0.2, 0.25) is 0 Å². The minimum Gasteiger partial charge on any atom is -0.396 e. The molecule has 1 fully saturated rings. The molecule has 1 heterocycles. The van der Waals surface area contributed by atoms with Crippen molar-refractivity contribution in [2.45, 2.75) is 45.6 Å². The molecule has 0 aliphatic carbocycles. The molecule has 0 aromatic carbocycles. The van der Waals surface area contributed by atoms with Crippen LogP contribution >= 0.6 is 0 Å². The SMILES string of the molecule is CC(C)(CCO)CNC(=O)C1CCCCN1S(C)(=O)=O. The summed E-state index contributed by atoms with van der Waals surface area (Å²) in [5.74, 6) is -0.235. The summed E-state index contributed by atoms with van der Waals surface area (Å²) in [6.07, 6.45) is 3.97. The predicted octanol–water partition coefficient (Wildman–Crippen LogP) is 0.325. The molecule has 1 amide bonds. The monoisotopic (exact) mass is 306 g/mol. The smallest absolute Gasteiger partial charge is 0.238 e. The summed E-state index contributed by atoms with van der Waals surface area (Å²) in [6, 6.07) is -0.594. The van der Waals surface area contributed by atoms with Crippen LogP contribution in [0.3, 0.4) is 0 Å². The van der Waals surface area contributed by atoms with Gasteiger partial charge in [-0.15, -0.1) is 0 Å². The molecule has 0 spiro atoms. The molecule has 6 nitrogen and oxygen atoms in total. The van der Waals surface area contributed by atoms with Crippen molar-refractivity contribution in [3.8, 4) is 0 Å². The molecule has 1 rings (SSSR count). The lowest BCUT2D eigenvalue weighted by molar-refractivity contribution is -0.126. The van der Waals surface area contributed by atoms with Gasteiger partial charge in [-0.3, -0.25) is 4.79 Å². The number of sulfonamides is 1. The molecule has 2 N–H and O–H groups in total. The van der Waals surface area contributed by atoms with E-state index in [4.69, 9.17) is 5.11 Å². The third-order valence-corrected chi connectivity index (χ3v) is 5.00. The number of rotatable bonds is 6. The quantitative estimate of drug-likeness (QED) is 0.740. The molecule has 20 heavy (non-hydrogen) atoms. The molecule has 1 unspecified atom stereocenters. The lowest BCUT2D eigenvalue weighted by Gasteiger charge is -2.33. The van der Waals surface area contributed by atoms with Gasteiger partial charge in [-0.2, -0.15) is 4.31 Å². The van der Waals surface area contributed by atoms with Crippen molar-refractivity contribution in [1.29, 1.82) is 0 Å². The number of hydrogen-bond donors (Lipinski definition) is 2. The Balaban J connectivity index is 2.65. The predicted molar refractivity (Wildman–Crippen MR) is 77.7 cm³/mol. The number of aliphatic hydroxyl groups is 1. The summed E-state index contributed by atoms with van der Waals surface area (Å²) in [6.45, 7) is 4.83. The molecule has 118 valence electrons. The lowest BCUT2D eigenvalue weighted by atomic mass is 9.89. The molecular weight excluding hydrogens is 280 g/mol. The molecule has 1 atom stereocenters. The number of carbonyl (C=O) groups is 1. The van der Waals surface area contributed by atoms with Crippen LogP contribution in [0.4, 0.5) is 0 Å². The first kappa shape index (κ1) is 17.4. The highest BCUT2D eigenvalue weighted by Gasteiger charge is 2.34. The minimum atomic E-state index is -3.35. The van der Waals surface area contributed by atoms with Gasteiger partial charge in [0.1, 0.15) is 6.04 Å². The molecule has 1 aliphatic heterocycles. The van der Waals surface area contributed by atoms with Gasteiger partial charge in [0, 0.05) is 19.7 Å². The van der Waals surface area contributed by atoms with Crippen molar-refractivity contribution in [2.24, 2.45) is 5.41 Å². The molecule has 0 aromatic rings. The summed E-state index contributed by atoms with van der Waals surface area (Å²) < 4.78 is 24.7. The van der Waals surface area contributed by atoms with E-state index in [9.17, 15) is 13.2 Å². The number of carbonyl (C=O) groups excluding carboxylic acids is 1. The summed E-state index contributed by atoms with van der Waals surface area (Å²) in [4.78, 5) is 12.2. The number of aliphatic hydroxyl groups excluding tert-OH is 1. The first-order valence-electron chi connectivity index (χ1n) is 7.03. The Labute approximate surface area is 121 Å². The zero-order valence-corrected chi connectivity index (χ0v) is 13.4. The molecule has 1 saturated heterocycles. The van der Waals surface area contributed by atoms with Crippen LogP contribution in [0.15, 0.2) is 0 Å². The minimum absolute atomic E-state index is 0.0712. The molecular formula is C13H26N2O4S. The maximum Gasteiger partial charge on any atom is 0.238 e. The van der Waals surface area contributed by atoms with Gasteiger partial charge in [-0.05, 0) is 24.7 Å². The van der Waals surface area contributed by atoms with Gasteiger partial charge in [-0.1, -0.05) is 20.3 Å². The van der Waals surface area contributed by atoms with Gasteiger partial charge in [0.05, 0.1) is 6.26 Å². The van der Waals surface area contributed by atoms with Crippen molar-refractivity contribution in [1.82, 2.24) is 9.62 Å². The highest BCUT2D eigenvalue weighted by Crippen LogP contribution is 2.21. The zero-order chi connectivity index (χ0) is 15.4. The van der Waals surface area contributed by atoms with Crippen LogP contribution in [-0.2, 0) is 14.8 Å². The standard InChI is InChI=1S/C13H26N2O4S/c1-13(2,7-9-16)10-14-12(17)11-6-4-5-8-15(11)20(3,18)19/h11,16H,4-10H2,1-3H3,(H,14,17). The number of nitrogens with zero attached hydrogens (tertiary/aromatic N) is 1. The van der Waals surface area contributed by atoms with Gasteiger partial charge in [0.25, 0.3) is 0 Å².